The fourth-order valence-corrected chi connectivity index (χ4v) is 1.44. The summed E-state index contributed by atoms with van der Waals surface area (Å²) in [4.78, 5) is 0. The van der Waals surface area contributed by atoms with Gasteiger partial charge < -0.3 is 5.32 Å². The molecule has 0 aliphatic heterocycles. The summed E-state index contributed by atoms with van der Waals surface area (Å²) in [7, 11) is 1.89. The first-order valence-corrected chi connectivity index (χ1v) is 5.37. The third kappa shape index (κ3) is 2.18. The first kappa shape index (κ1) is 10.6. The van der Waals surface area contributed by atoms with E-state index in [0.717, 1.165) is 30.2 Å². The molecule has 16 heavy (non-hydrogen) atoms. The van der Waals surface area contributed by atoms with Crippen LogP contribution in [-0.4, -0.2) is 26.5 Å². The van der Waals surface area contributed by atoms with Crippen LogP contribution in [-0.2, 0) is 7.05 Å². The van der Waals surface area contributed by atoms with E-state index >= 15 is 0 Å². The Morgan fingerprint density at radius 1 is 1.25 bits per heavy atom. The van der Waals surface area contributed by atoms with E-state index in [0.29, 0.717) is 0 Å². The maximum absolute atomic E-state index is 4.16. The minimum atomic E-state index is 0.813. The molecule has 2 heterocycles. The van der Waals surface area contributed by atoms with E-state index in [1.807, 2.05) is 25.2 Å². The molecule has 0 fully saturated rings. The smallest absolute Gasteiger partial charge is 0.148 e. The van der Waals surface area contributed by atoms with E-state index in [-0.39, 0.29) is 0 Å². The fourth-order valence-electron chi connectivity index (χ4n) is 1.44. The van der Waals surface area contributed by atoms with Crippen molar-refractivity contribution in [2.24, 2.45) is 7.05 Å². The molecule has 0 aliphatic rings. The largest absolute Gasteiger partial charge is 0.369 e. The molecule has 0 spiro atoms. The zero-order chi connectivity index (χ0) is 11.4. The molecule has 5 nitrogen and oxygen atoms in total. The number of rotatable bonds is 4. The van der Waals surface area contributed by atoms with Gasteiger partial charge in [0.15, 0.2) is 0 Å². The van der Waals surface area contributed by atoms with Crippen LogP contribution in [0.3, 0.4) is 0 Å². The van der Waals surface area contributed by atoms with Gasteiger partial charge in [0, 0.05) is 19.8 Å². The fraction of sp³-hybridized carbons (Fsp3) is 0.364. The average Bonchev–Trinajstić information content (AvgIpc) is 2.74. The van der Waals surface area contributed by atoms with Crippen LogP contribution in [0.15, 0.2) is 24.4 Å². The number of anilines is 1. The van der Waals surface area contributed by atoms with Crippen molar-refractivity contribution in [3.05, 3.63) is 24.4 Å². The molecule has 0 bridgehead atoms. The quantitative estimate of drug-likeness (QED) is 0.846. The molecule has 5 heteroatoms. The molecular weight excluding hydrogens is 202 g/mol. The predicted octanol–water partition coefficient (Wildman–Crippen LogP) is 1.70. The molecular formula is C11H15N5. The van der Waals surface area contributed by atoms with Crippen molar-refractivity contribution in [3.63, 3.8) is 0 Å². The van der Waals surface area contributed by atoms with Gasteiger partial charge in [0.2, 0.25) is 0 Å². The van der Waals surface area contributed by atoms with E-state index in [4.69, 9.17) is 0 Å². The summed E-state index contributed by atoms with van der Waals surface area (Å²) >= 11 is 0. The van der Waals surface area contributed by atoms with Crippen LogP contribution in [0, 0.1) is 0 Å². The van der Waals surface area contributed by atoms with Gasteiger partial charge in [0.05, 0.1) is 5.69 Å². The molecule has 0 aromatic carbocycles. The van der Waals surface area contributed by atoms with Crippen LogP contribution in [0.2, 0.25) is 0 Å². The second-order valence-electron chi connectivity index (χ2n) is 3.57. The summed E-state index contributed by atoms with van der Waals surface area (Å²) in [6.07, 6.45) is 2.82. The van der Waals surface area contributed by atoms with Gasteiger partial charge in [0.25, 0.3) is 0 Å². The van der Waals surface area contributed by atoms with Gasteiger partial charge in [-0.15, -0.1) is 10.2 Å². The Hall–Kier alpha value is -1.91. The molecule has 0 unspecified atom stereocenters. The van der Waals surface area contributed by atoms with E-state index < -0.39 is 0 Å². The molecule has 2 aromatic rings. The Balaban J connectivity index is 2.16. The van der Waals surface area contributed by atoms with Gasteiger partial charge in [-0.1, -0.05) is 6.92 Å². The molecule has 0 aliphatic carbocycles. The Morgan fingerprint density at radius 3 is 2.69 bits per heavy atom. The third-order valence-electron chi connectivity index (χ3n) is 2.30. The van der Waals surface area contributed by atoms with E-state index in [1.54, 1.807) is 10.9 Å². The van der Waals surface area contributed by atoms with Crippen molar-refractivity contribution >= 4 is 5.82 Å². The lowest BCUT2D eigenvalue weighted by Gasteiger charge is -2.04. The van der Waals surface area contributed by atoms with Gasteiger partial charge in [-0.25, -0.2) is 0 Å². The monoisotopic (exact) mass is 217 g/mol. The normalized spacial score (nSPS) is 10.4. The maximum atomic E-state index is 4.16. The lowest BCUT2D eigenvalue weighted by atomic mass is 10.3. The van der Waals surface area contributed by atoms with Gasteiger partial charge in [-0.05, 0) is 24.6 Å². The molecule has 0 radical (unpaired) electrons. The van der Waals surface area contributed by atoms with Gasteiger partial charge in [-0.3, -0.25) is 4.68 Å². The zero-order valence-corrected chi connectivity index (χ0v) is 9.51. The molecule has 0 saturated carbocycles. The number of nitrogens with zero attached hydrogens (tertiary/aromatic N) is 4. The maximum Gasteiger partial charge on any atom is 0.148 e. The number of aryl methyl sites for hydroxylation is 1. The topological polar surface area (TPSA) is 55.6 Å². The second kappa shape index (κ2) is 4.74. The Bertz CT molecular complexity index is 446. The first-order valence-electron chi connectivity index (χ1n) is 5.37. The second-order valence-corrected chi connectivity index (χ2v) is 3.57. The van der Waals surface area contributed by atoms with Crippen molar-refractivity contribution in [1.29, 1.82) is 0 Å². The molecule has 0 amide bonds. The lowest BCUT2D eigenvalue weighted by molar-refractivity contribution is 0.771. The number of nitrogens with one attached hydrogen (secondary N) is 1. The molecule has 0 saturated heterocycles. The summed E-state index contributed by atoms with van der Waals surface area (Å²) in [5.74, 6) is 0.813. The van der Waals surface area contributed by atoms with Crippen LogP contribution < -0.4 is 5.32 Å². The summed E-state index contributed by atoms with van der Waals surface area (Å²) in [5, 5.41) is 15.6. The van der Waals surface area contributed by atoms with Gasteiger partial charge in [0.1, 0.15) is 11.5 Å². The van der Waals surface area contributed by atoms with Crippen LogP contribution in [0.25, 0.3) is 11.4 Å². The highest BCUT2D eigenvalue weighted by Crippen LogP contribution is 2.15. The van der Waals surface area contributed by atoms with Crippen molar-refractivity contribution in [3.8, 4) is 11.4 Å². The summed E-state index contributed by atoms with van der Waals surface area (Å²) in [6, 6.07) is 5.80. The zero-order valence-electron chi connectivity index (χ0n) is 9.51. The van der Waals surface area contributed by atoms with Crippen molar-refractivity contribution in [2.75, 3.05) is 11.9 Å². The standard InChI is InChI=1S/C11H15N5/c1-3-7-12-11-5-4-9(14-15-11)10-6-8-13-16(10)2/h4-6,8H,3,7H2,1-2H3,(H,12,15). The van der Waals surface area contributed by atoms with E-state index in [1.165, 1.54) is 0 Å². The van der Waals surface area contributed by atoms with Crippen LogP contribution in [0.1, 0.15) is 13.3 Å². The summed E-state index contributed by atoms with van der Waals surface area (Å²) < 4.78 is 1.78. The SMILES string of the molecule is CCCNc1ccc(-c2ccnn2C)nn1. The van der Waals surface area contributed by atoms with Crippen LogP contribution >= 0.6 is 0 Å². The highest BCUT2D eigenvalue weighted by Gasteiger charge is 2.04. The van der Waals surface area contributed by atoms with Crippen LogP contribution in [0.5, 0.6) is 0 Å². The van der Waals surface area contributed by atoms with Crippen molar-refractivity contribution in [2.45, 2.75) is 13.3 Å². The first-order chi connectivity index (χ1) is 7.81. The average molecular weight is 217 g/mol. The number of aromatic nitrogens is 4. The molecule has 0 atom stereocenters. The predicted molar refractivity (Wildman–Crippen MR) is 63.0 cm³/mol. The minimum Gasteiger partial charge on any atom is -0.369 e. The van der Waals surface area contributed by atoms with Gasteiger partial charge >= 0.3 is 0 Å². The van der Waals surface area contributed by atoms with Crippen molar-refractivity contribution in [1.82, 2.24) is 20.0 Å². The Morgan fingerprint density at radius 2 is 2.12 bits per heavy atom. The molecule has 2 aromatic heterocycles. The minimum absolute atomic E-state index is 0.813. The van der Waals surface area contributed by atoms with Crippen molar-refractivity contribution < 1.29 is 0 Å². The highest BCUT2D eigenvalue weighted by molar-refractivity contribution is 5.54. The number of hydrogen-bond acceptors (Lipinski definition) is 4. The Labute approximate surface area is 94.5 Å². The van der Waals surface area contributed by atoms with E-state index in [2.05, 4.69) is 27.5 Å². The Kier molecular flexibility index (Phi) is 3.14. The summed E-state index contributed by atoms with van der Waals surface area (Å²) in [6.45, 7) is 3.03. The third-order valence-corrected chi connectivity index (χ3v) is 2.30. The molecule has 2 rings (SSSR count). The summed E-state index contributed by atoms with van der Waals surface area (Å²) in [5.41, 5.74) is 1.80. The lowest BCUT2D eigenvalue weighted by Crippen LogP contribution is -2.03. The number of hydrogen-bond donors (Lipinski definition) is 1. The molecule has 84 valence electrons. The molecule has 1 N–H and O–H groups in total. The van der Waals surface area contributed by atoms with E-state index in [9.17, 15) is 0 Å². The highest BCUT2D eigenvalue weighted by atomic mass is 15.3. The van der Waals surface area contributed by atoms with Crippen LogP contribution in [0.4, 0.5) is 5.82 Å². The van der Waals surface area contributed by atoms with Gasteiger partial charge in [-0.2, -0.15) is 5.10 Å².